The Bertz CT molecular complexity index is 118. The number of rotatable bonds is 1. The van der Waals surface area contributed by atoms with E-state index in [9.17, 15) is 0 Å². The molecule has 1 aliphatic rings. The van der Waals surface area contributed by atoms with Crippen molar-refractivity contribution in [3.05, 3.63) is 12.2 Å². The maximum atomic E-state index is 8.67. The van der Waals surface area contributed by atoms with E-state index in [1.807, 2.05) is 12.2 Å². The predicted octanol–water partition coefficient (Wildman–Crippen LogP) is 0.509. The zero-order chi connectivity index (χ0) is 6.85. The van der Waals surface area contributed by atoms with Gasteiger partial charge in [-0.2, -0.15) is 0 Å². The van der Waals surface area contributed by atoms with Crippen LogP contribution in [0.25, 0.3) is 0 Å². The molecule has 52 valence electrons. The smallest absolute Gasteiger partial charge is 0.157 e. The van der Waals surface area contributed by atoms with E-state index in [2.05, 4.69) is 6.92 Å². The van der Waals surface area contributed by atoms with Crippen LogP contribution < -0.4 is 0 Å². The minimum absolute atomic E-state index is 0.0278. The average Bonchev–Trinajstić information content (AvgIpc) is 2.14. The lowest BCUT2D eigenvalue weighted by Crippen LogP contribution is -2.15. The highest BCUT2D eigenvalue weighted by atomic mass is 16.5. The lowest BCUT2D eigenvalue weighted by atomic mass is 10.1. The number of aliphatic hydroxyl groups excluding tert-OH is 1. The summed E-state index contributed by atoms with van der Waals surface area (Å²) in [5.41, 5.74) is 0. The van der Waals surface area contributed by atoms with Crippen LogP contribution >= 0.6 is 0 Å². The molecule has 0 amide bonds. The second kappa shape index (κ2) is 2.50. The Hall–Kier alpha value is -0.340. The third-order valence-electron chi connectivity index (χ3n) is 1.71. The largest absolute Gasteiger partial charge is 0.368 e. The van der Waals surface area contributed by atoms with E-state index in [0.717, 1.165) is 6.42 Å². The van der Waals surface area contributed by atoms with E-state index in [0.29, 0.717) is 5.92 Å². The number of hydrogen-bond acceptors (Lipinski definition) is 2. The lowest BCUT2D eigenvalue weighted by molar-refractivity contribution is -0.0712. The zero-order valence-electron chi connectivity index (χ0n) is 5.49. The number of hydrogen-bond donors (Lipinski definition) is 2. The van der Waals surface area contributed by atoms with Crippen LogP contribution in [0, 0.1) is 11.8 Å². The Morgan fingerprint density at radius 1 is 1.44 bits per heavy atom. The molecule has 0 bridgehead atoms. The van der Waals surface area contributed by atoms with E-state index in [4.69, 9.17) is 10.2 Å². The third-order valence-corrected chi connectivity index (χ3v) is 1.71. The van der Waals surface area contributed by atoms with Gasteiger partial charge in [-0.25, -0.2) is 0 Å². The normalized spacial score (nSPS) is 34.2. The van der Waals surface area contributed by atoms with Crippen molar-refractivity contribution in [2.45, 2.75) is 19.6 Å². The Balaban J connectivity index is 2.41. The van der Waals surface area contributed by atoms with Crippen molar-refractivity contribution in [1.82, 2.24) is 0 Å². The molecule has 0 aliphatic heterocycles. The molecular weight excluding hydrogens is 116 g/mol. The van der Waals surface area contributed by atoms with Crippen molar-refractivity contribution < 1.29 is 10.2 Å². The van der Waals surface area contributed by atoms with Gasteiger partial charge in [0, 0.05) is 5.92 Å². The average molecular weight is 128 g/mol. The van der Waals surface area contributed by atoms with Crippen LogP contribution in [0.4, 0.5) is 0 Å². The molecule has 0 saturated heterocycles. The van der Waals surface area contributed by atoms with Crippen LogP contribution in [0.2, 0.25) is 0 Å². The fraction of sp³-hybridized carbons (Fsp3) is 0.714. The fourth-order valence-electron chi connectivity index (χ4n) is 1.14. The predicted molar refractivity (Wildman–Crippen MR) is 34.6 cm³/mol. The summed E-state index contributed by atoms with van der Waals surface area (Å²) in [6, 6.07) is 0. The van der Waals surface area contributed by atoms with Crippen molar-refractivity contribution in [3.63, 3.8) is 0 Å². The van der Waals surface area contributed by atoms with Gasteiger partial charge in [0.05, 0.1) is 0 Å². The molecule has 2 nitrogen and oxygen atoms in total. The molecule has 0 aromatic carbocycles. The topological polar surface area (TPSA) is 40.5 Å². The van der Waals surface area contributed by atoms with Crippen LogP contribution in [0.15, 0.2) is 12.2 Å². The summed E-state index contributed by atoms with van der Waals surface area (Å²) in [6.07, 6.45) is 3.60. The molecule has 0 radical (unpaired) electrons. The summed E-state index contributed by atoms with van der Waals surface area (Å²) in [7, 11) is 0. The first-order valence-corrected chi connectivity index (χ1v) is 3.24. The second-order valence-electron chi connectivity index (χ2n) is 2.68. The summed E-state index contributed by atoms with van der Waals surface area (Å²) >= 11 is 0. The van der Waals surface area contributed by atoms with E-state index in [-0.39, 0.29) is 5.92 Å². The first-order chi connectivity index (χ1) is 4.20. The maximum Gasteiger partial charge on any atom is 0.157 e. The molecular formula is C7H12O2. The summed E-state index contributed by atoms with van der Waals surface area (Å²) in [4.78, 5) is 0. The van der Waals surface area contributed by atoms with Crippen molar-refractivity contribution >= 4 is 0 Å². The highest BCUT2D eigenvalue weighted by Crippen LogP contribution is 2.24. The summed E-state index contributed by atoms with van der Waals surface area (Å²) in [5, 5.41) is 17.3. The molecule has 0 aromatic rings. The first-order valence-electron chi connectivity index (χ1n) is 3.24. The fourth-order valence-corrected chi connectivity index (χ4v) is 1.14. The summed E-state index contributed by atoms with van der Waals surface area (Å²) in [6.45, 7) is 2.07. The molecule has 2 N–H and O–H groups in total. The lowest BCUT2D eigenvalue weighted by Gasteiger charge is -2.09. The van der Waals surface area contributed by atoms with Gasteiger partial charge in [0.1, 0.15) is 0 Å². The molecule has 0 spiro atoms. The van der Waals surface area contributed by atoms with Crippen molar-refractivity contribution in [2.75, 3.05) is 0 Å². The van der Waals surface area contributed by atoms with Gasteiger partial charge < -0.3 is 10.2 Å². The highest BCUT2D eigenvalue weighted by Gasteiger charge is 2.20. The van der Waals surface area contributed by atoms with Gasteiger partial charge >= 0.3 is 0 Å². The molecule has 2 heteroatoms. The summed E-state index contributed by atoms with van der Waals surface area (Å²) in [5.74, 6) is 0.483. The number of aliphatic hydroxyl groups is 2. The van der Waals surface area contributed by atoms with Gasteiger partial charge in [0.25, 0.3) is 0 Å². The van der Waals surface area contributed by atoms with Crippen LogP contribution in [0.5, 0.6) is 0 Å². The van der Waals surface area contributed by atoms with Crippen molar-refractivity contribution in [3.8, 4) is 0 Å². The Morgan fingerprint density at radius 2 is 2.11 bits per heavy atom. The summed E-state index contributed by atoms with van der Waals surface area (Å²) < 4.78 is 0. The molecule has 0 heterocycles. The van der Waals surface area contributed by atoms with Crippen LogP contribution in [-0.2, 0) is 0 Å². The van der Waals surface area contributed by atoms with Gasteiger partial charge in [0.15, 0.2) is 6.29 Å². The van der Waals surface area contributed by atoms with Gasteiger partial charge in [-0.3, -0.25) is 0 Å². The SMILES string of the molecule is C[C@@H]1C=CC(C(O)O)C1. The Labute approximate surface area is 54.8 Å². The van der Waals surface area contributed by atoms with Crippen LogP contribution in [-0.4, -0.2) is 16.5 Å². The third kappa shape index (κ3) is 1.53. The van der Waals surface area contributed by atoms with E-state index < -0.39 is 6.29 Å². The molecule has 0 aromatic heterocycles. The standard InChI is InChI=1S/C7H12O2/c1-5-2-3-6(4-5)7(8)9/h2-3,5-9H,4H2,1H3/t5-,6?/m1/s1. The molecule has 1 unspecified atom stereocenters. The molecule has 0 fully saturated rings. The monoisotopic (exact) mass is 128 g/mol. The minimum atomic E-state index is -1.16. The minimum Gasteiger partial charge on any atom is -0.368 e. The van der Waals surface area contributed by atoms with Gasteiger partial charge in [0.2, 0.25) is 0 Å². The maximum absolute atomic E-state index is 8.67. The second-order valence-corrected chi connectivity index (χ2v) is 2.68. The molecule has 2 atom stereocenters. The Morgan fingerprint density at radius 3 is 2.33 bits per heavy atom. The zero-order valence-corrected chi connectivity index (χ0v) is 5.49. The van der Waals surface area contributed by atoms with E-state index in [1.54, 1.807) is 0 Å². The van der Waals surface area contributed by atoms with E-state index >= 15 is 0 Å². The number of allylic oxidation sites excluding steroid dienone is 1. The van der Waals surface area contributed by atoms with Crippen molar-refractivity contribution in [2.24, 2.45) is 11.8 Å². The molecule has 1 aliphatic carbocycles. The van der Waals surface area contributed by atoms with Gasteiger partial charge in [-0.05, 0) is 12.3 Å². The van der Waals surface area contributed by atoms with Crippen LogP contribution in [0.3, 0.4) is 0 Å². The molecule has 9 heavy (non-hydrogen) atoms. The van der Waals surface area contributed by atoms with Crippen LogP contribution in [0.1, 0.15) is 13.3 Å². The molecule has 1 rings (SSSR count). The highest BCUT2D eigenvalue weighted by molar-refractivity contribution is 5.00. The van der Waals surface area contributed by atoms with Gasteiger partial charge in [-0.15, -0.1) is 0 Å². The molecule has 0 saturated carbocycles. The first kappa shape index (κ1) is 6.78. The van der Waals surface area contributed by atoms with Crippen molar-refractivity contribution in [1.29, 1.82) is 0 Å². The van der Waals surface area contributed by atoms with E-state index in [1.165, 1.54) is 0 Å². The quantitative estimate of drug-likeness (QED) is 0.399. The van der Waals surface area contributed by atoms with Gasteiger partial charge in [-0.1, -0.05) is 19.1 Å². The Kier molecular flexibility index (Phi) is 1.88.